The molecule has 2 heteroatoms. The van der Waals surface area contributed by atoms with Crippen LogP contribution in [0.15, 0.2) is 36.4 Å². The van der Waals surface area contributed by atoms with Gasteiger partial charge in [0.25, 0.3) is 0 Å². The van der Waals surface area contributed by atoms with E-state index in [4.69, 9.17) is 9.47 Å². The van der Waals surface area contributed by atoms with Gasteiger partial charge in [-0.25, -0.2) is 0 Å². The molecule has 1 fully saturated rings. The number of hydrogen-bond donors (Lipinski definition) is 0. The number of aryl methyl sites for hydroxylation is 1. The van der Waals surface area contributed by atoms with Crippen molar-refractivity contribution in [1.29, 1.82) is 0 Å². The normalized spacial score (nSPS) is 17.0. The Balaban J connectivity index is 1.49. The number of rotatable bonds is 12. The summed E-state index contributed by atoms with van der Waals surface area (Å²) in [6.07, 6.45) is 15.2. The van der Waals surface area contributed by atoms with Crippen LogP contribution in [0.5, 0.6) is 5.75 Å². The van der Waals surface area contributed by atoms with E-state index in [0.717, 1.165) is 12.4 Å². The molecule has 1 aliphatic rings. The highest BCUT2D eigenvalue weighted by Gasteiger charge is 2.22. The van der Waals surface area contributed by atoms with Crippen molar-refractivity contribution in [2.24, 2.45) is 0 Å². The second-order valence-electron chi connectivity index (χ2n) is 6.12. The highest BCUT2D eigenvalue weighted by Crippen LogP contribution is 2.17. The summed E-state index contributed by atoms with van der Waals surface area (Å²) in [6, 6.07) is 8.54. The summed E-state index contributed by atoms with van der Waals surface area (Å²) >= 11 is 0. The monoisotopic (exact) mass is 302 g/mol. The van der Waals surface area contributed by atoms with Crippen molar-refractivity contribution < 1.29 is 9.47 Å². The van der Waals surface area contributed by atoms with Crippen LogP contribution in [-0.4, -0.2) is 19.3 Å². The van der Waals surface area contributed by atoms with E-state index < -0.39 is 0 Å². The summed E-state index contributed by atoms with van der Waals surface area (Å²) in [5.41, 5.74) is 1.41. The van der Waals surface area contributed by atoms with E-state index in [1.54, 1.807) is 0 Å². The molecule has 1 unspecified atom stereocenters. The van der Waals surface area contributed by atoms with Crippen molar-refractivity contribution >= 4 is 0 Å². The van der Waals surface area contributed by atoms with Gasteiger partial charge in [-0.3, -0.25) is 0 Å². The molecule has 1 atom stereocenters. The number of benzene rings is 1. The molecule has 22 heavy (non-hydrogen) atoms. The fourth-order valence-electron chi connectivity index (χ4n) is 2.45. The zero-order valence-electron chi connectivity index (χ0n) is 13.9. The predicted octanol–water partition coefficient (Wildman–Crippen LogP) is 5.31. The Morgan fingerprint density at radius 3 is 2.50 bits per heavy atom. The van der Waals surface area contributed by atoms with Crippen LogP contribution in [0.25, 0.3) is 0 Å². The molecule has 0 N–H and O–H groups in total. The average molecular weight is 302 g/mol. The first kappa shape index (κ1) is 17.1. The minimum Gasteiger partial charge on any atom is -0.491 e. The lowest BCUT2D eigenvalue weighted by molar-refractivity contribution is 0.263. The minimum absolute atomic E-state index is 0.330. The summed E-state index contributed by atoms with van der Waals surface area (Å²) in [5, 5.41) is 0. The molecule has 0 radical (unpaired) electrons. The maximum absolute atomic E-state index is 5.65. The summed E-state index contributed by atoms with van der Waals surface area (Å²) in [6.45, 7) is 3.77. The SMILES string of the molecule is CCC/C=C/CCCCCCc1ccc(OCC2CO2)cc1. The van der Waals surface area contributed by atoms with E-state index in [9.17, 15) is 0 Å². The van der Waals surface area contributed by atoms with Gasteiger partial charge in [0.05, 0.1) is 6.61 Å². The van der Waals surface area contributed by atoms with E-state index in [1.165, 1.54) is 56.9 Å². The van der Waals surface area contributed by atoms with Crippen LogP contribution in [0, 0.1) is 0 Å². The molecule has 1 heterocycles. The van der Waals surface area contributed by atoms with E-state index >= 15 is 0 Å². The summed E-state index contributed by atoms with van der Waals surface area (Å²) in [5.74, 6) is 0.957. The van der Waals surface area contributed by atoms with Gasteiger partial charge < -0.3 is 9.47 Å². The van der Waals surface area contributed by atoms with Crippen LogP contribution in [0.4, 0.5) is 0 Å². The fourth-order valence-corrected chi connectivity index (χ4v) is 2.45. The molecule has 0 bridgehead atoms. The third kappa shape index (κ3) is 7.65. The number of ether oxygens (including phenoxy) is 2. The molecule has 122 valence electrons. The molecular weight excluding hydrogens is 272 g/mol. The second-order valence-corrected chi connectivity index (χ2v) is 6.12. The van der Waals surface area contributed by atoms with Crippen LogP contribution in [0.2, 0.25) is 0 Å². The first-order chi connectivity index (χ1) is 10.9. The van der Waals surface area contributed by atoms with Gasteiger partial charge in [0.15, 0.2) is 0 Å². The van der Waals surface area contributed by atoms with Crippen molar-refractivity contribution in [3.63, 3.8) is 0 Å². The van der Waals surface area contributed by atoms with Crippen LogP contribution in [-0.2, 0) is 11.2 Å². The number of allylic oxidation sites excluding steroid dienone is 2. The molecule has 0 spiro atoms. The Morgan fingerprint density at radius 2 is 1.77 bits per heavy atom. The molecule has 0 amide bonds. The summed E-state index contributed by atoms with van der Waals surface area (Å²) in [4.78, 5) is 0. The van der Waals surface area contributed by atoms with Gasteiger partial charge in [0.1, 0.15) is 18.5 Å². The smallest absolute Gasteiger partial charge is 0.119 e. The molecule has 0 aliphatic carbocycles. The number of epoxide rings is 1. The molecule has 1 aromatic carbocycles. The fraction of sp³-hybridized carbons (Fsp3) is 0.600. The Morgan fingerprint density at radius 1 is 1.05 bits per heavy atom. The van der Waals surface area contributed by atoms with E-state index in [0.29, 0.717) is 12.7 Å². The number of hydrogen-bond acceptors (Lipinski definition) is 2. The zero-order valence-corrected chi connectivity index (χ0v) is 13.9. The molecule has 1 aromatic rings. The van der Waals surface area contributed by atoms with Crippen molar-refractivity contribution in [2.75, 3.05) is 13.2 Å². The minimum atomic E-state index is 0.330. The highest BCUT2D eigenvalue weighted by molar-refractivity contribution is 5.27. The third-order valence-electron chi connectivity index (χ3n) is 3.97. The van der Waals surface area contributed by atoms with Gasteiger partial charge in [0, 0.05) is 0 Å². The van der Waals surface area contributed by atoms with E-state index in [2.05, 4.69) is 43.3 Å². The lowest BCUT2D eigenvalue weighted by Gasteiger charge is -2.06. The van der Waals surface area contributed by atoms with Crippen molar-refractivity contribution in [1.82, 2.24) is 0 Å². The summed E-state index contributed by atoms with van der Waals surface area (Å²) < 4.78 is 10.8. The number of unbranched alkanes of at least 4 members (excludes halogenated alkanes) is 5. The first-order valence-electron chi connectivity index (χ1n) is 8.87. The Labute approximate surface area is 135 Å². The van der Waals surface area contributed by atoms with Gasteiger partial charge in [-0.2, -0.15) is 0 Å². The Hall–Kier alpha value is -1.28. The predicted molar refractivity (Wildman–Crippen MR) is 92.5 cm³/mol. The van der Waals surface area contributed by atoms with Crippen LogP contribution in [0.3, 0.4) is 0 Å². The molecule has 1 saturated heterocycles. The highest BCUT2D eigenvalue weighted by atomic mass is 16.6. The lowest BCUT2D eigenvalue weighted by atomic mass is 10.1. The lowest BCUT2D eigenvalue weighted by Crippen LogP contribution is -2.03. The maximum Gasteiger partial charge on any atom is 0.119 e. The maximum atomic E-state index is 5.65. The second kappa shape index (κ2) is 10.4. The Bertz CT molecular complexity index is 418. The van der Waals surface area contributed by atoms with Crippen LogP contribution < -0.4 is 4.74 Å². The topological polar surface area (TPSA) is 21.8 Å². The van der Waals surface area contributed by atoms with Crippen LogP contribution >= 0.6 is 0 Å². The van der Waals surface area contributed by atoms with Gasteiger partial charge in [-0.1, -0.05) is 50.5 Å². The molecule has 2 rings (SSSR count). The average Bonchev–Trinajstić information content (AvgIpc) is 3.37. The molecule has 2 nitrogen and oxygen atoms in total. The molecule has 0 aromatic heterocycles. The van der Waals surface area contributed by atoms with Gasteiger partial charge in [-0.15, -0.1) is 0 Å². The van der Waals surface area contributed by atoms with Gasteiger partial charge in [0.2, 0.25) is 0 Å². The quantitative estimate of drug-likeness (QED) is 0.296. The zero-order chi connectivity index (χ0) is 15.5. The molecular formula is C20H30O2. The van der Waals surface area contributed by atoms with Crippen molar-refractivity contribution in [3.8, 4) is 5.75 Å². The largest absolute Gasteiger partial charge is 0.491 e. The van der Waals surface area contributed by atoms with E-state index in [-0.39, 0.29) is 0 Å². The molecule has 1 aliphatic heterocycles. The van der Waals surface area contributed by atoms with Crippen molar-refractivity contribution in [3.05, 3.63) is 42.0 Å². The van der Waals surface area contributed by atoms with Crippen molar-refractivity contribution in [2.45, 2.75) is 64.4 Å². The standard InChI is InChI=1S/C20H30O2/c1-2-3-4-5-6-7-8-9-10-11-18-12-14-19(15-13-18)21-16-20-17-22-20/h4-5,12-15,20H,2-3,6-11,16-17H2,1H3/b5-4+. The van der Waals surface area contributed by atoms with Crippen LogP contribution in [0.1, 0.15) is 57.4 Å². The first-order valence-corrected chi connectivity index (χ1v) is 8.87. The third-order valence-corrected chi connectivity index (χ3v) is 3.97. The Kier molecular flexibility index (Phi) is 8.11. The molecule has 0 saturated carbocycles. The van der Waals surface area contributed by atoms with Gasteiger partial charge in [-0.05, 0) is 49.8 Å². The summed E-state index contributed by atoms with van der Waals surface area (Å²) in [7, 11) is 0. The van der Waals surface area contributed by atoms with Gasteiger partial charge >= 0.3 is 0 Å². The van der Waals surface area contributed by atoms with E-state index in [1.807, 2.05) is 0 Å².